The molecule has 0 radical (unpaired) electrons. The molecule has 1 N–H and O–H groups in total. The Morgan fingerprint density at radius 3 is 2.44 bits per heavy atom. The van der Waals surface area contributed by atoms with Crippen molar-refractivity contribution < 1.29 is 0 Å². The van der Waals surface area contributed by atoms with Crippen molar-refractivity contribution >= 4 is 10.9 Å². The van der Waals surface area contributed by atoms with E-state index in [2.05, 4.69) is 58.6 Å². The van der Waals surface area contributed by atoms with Gasteiger partial charge in [0.15, 0.2) is 0 Å². The third kappa shape index (κ3) is 3.00. The van der Waals surface area contributed by atoms with Gasteiger partial charge < -0.3 is 5.32 Å². The molecule has 1 unspecified atom stereocenters. The van der Waals surface area contributed by atoms with Crippen molar-refractivity contribution in [1.82, 2.24) is 5.32 Å². The Morgan fingerprint density at radius 2 is 1.81 bits per heavy atom. The summed E-state index contributed by atoms with van der Waals surface area (Å²) in [4.78, 5) is 0. The van der Waals surface area contributed by atoms with Gasteiger partial charge in [0.2, 0.25) is 0 Å². The minimum Gasteiger partial charge on any atom is -0.319 e. The Bertz CT molecular complexity index is 358. The summed E-state index contributed by atoms with van der Waals surface area (Å²) < 4.78 is 0. The Balaban J connectivity index is 2.05. The third-order valence-electron chi connectivity index (χ3n) is 2.82. The number of thiol groups is 1. The highest BCUT2D eigenvalue weighted by atomic mass is 32.2. The average Bonchev–Trinajstić information content (AvgIpc) is 2.83. The normalized spacial score (nSPS) is 17.9. The highest BCUT2D eigenvalue weighted by Crippen LogP contribution is 2.37. The van der Waals surface area contributed by atoms with Crippen LogP contribution in [-0.4, -0.2) is 19.3 Å². The Hall–Kier alpha value is -0.990. The van der Waals surface area contributed by atoms with E-state index >= 15 is 0 Å². The summed E-state index contributed by atoms with van der Waals surface area (Å²) in [5, 5.41) is 8.00. The van der Waals surface area contributed by atoms with Crippen molar-refractivity contribution in [3.8, 4) is 0 Å². The second-order valence-electron chi connectivity index (χ2n) is 4.05. The molecule has 1 aromatic carbocycles. The topological polar surface area (TPSA) is 12.0 Å². The Kier molecular flexibility index (Phi) is 4.25. The van der Waals surface area contributed by atoms with Gasteiger partial charge in [0.05, 0.1) is 0 Å². The van der Waals surface area contributed by atoms with Crippen LogP contribution >= 0.6 is 10.9 Å². The lowest BCUT2D eigenvalue weighted by Crippen LogP contribution is -2.19. The molecule has 1 atom stereocenters. The van der Waals surface area contributed by atoms with Crippen molar-refractivity contribution in [3.05, 3.63) is 58.9 Å². The fraction of sp³-hybridized carbons (Fsp3) is 0.286. The first-order valence-electron chi connectivity index (χ1n) is 5.70. The molecule has 0 saturated carbocycles. The largest absolute Gasteiger partial charge is 0.319 e. The van der Waals surface area contributed by atoms with Crippen LogP contribution in [0.5, 0.6) is 0 Å². The number of hydrogen-bond donors (Lipinski definition) is 2. The zero-order valence-corrected chi connectivity index (χ0v) is 10.5. The molecule has 2 rings (SSSR count). The molecule has 16 heavy (non-hydrogen) atoms. The van der Waals surface area contributed by atoms with Crippen LogP contribution < -0.4 is 5.32 Å². The van der Waals surface area contributed by atoms with Crippen LogP contribution in [0.25, 0.3) is 0 Å². The van der Waals surface area contributed by atoms with Gasteiger partial charge in [-0.2, -0.15) is 0 Å². The predicted octanol–water partition coefficient (Wildman–Crippen LogP) is 3.03. The summed E-state index contributed by atoms with van der Waals surface area (Å²) in [7, 11) is 2.01. The molecule has 1 aliphatic rings. The zero-order chi connectivity index (χ0) is 11.2. The lowest BCUT2D eigenvalue weighted by molar-refractivity contribution is 0.685. The Labute approximate surface area is 101 Å². The number of likely N-dealkylation sites (N-methyl/N-ethyl adjacent to an activating group) is 1. The summed E-state index contributed by atoms with van der Waals surface area (Å²) in [5.74, 6) is 1.89. The van der Waals surface area contributed by atoms with E-state index in [0.29, 0.717) is 5.92 Å². The average molecular weight is 233 g/mol. The first-order valence-corrected chi connectivity index (χ1v) is 7.37. The SMILES string of the molecule is CNCC(C[SH]1C=CC=C1)c1ccccc1. The summed E-state index contributed by atoms with van der Waals surface area (Å²) in [6.07, 6.45) is 4.35. The van der Waals surface area contributed by atoms with Gasteiger partial charge in [-0.3, -0.25) is 0 Å². The zero-order valence-electron chi connectivity index (χ0n) is 9.63. The van der Waals surface area contributed by atoms with Gasteiger partial charge >= 0.3 is 0 Å². The molecule has 0 saturated heterocycles. The van der Waals surface area contributed by atoms with E-state index in [1.54, 1.807) is 0 Å². The lowest BCUT2D eigenvalue weighted by Gasteiger charge is -2.21. The molecule has 1 aliphatic heterocycles. The van der Waals surface area contributed by atoms with Crippen LogP contribution in [0.2, 0.25) is 0 Å². The van der Waals surface area contributed by atoms with Crippen LogP contribution in [0.15, 0.2) is 53.3 Å². The molecule has 0 spiro atoms. The van der Waals surface area contributed by atoms with E-state index in [4.69, 9.17) is 0 Å². The van der Waals surface area contributed by atoms with Gasteiger partial charge in [0.25, 0.3) is 0 Å². The monoisotopic (exact) mass is 233 g/mol. The maximum absolute atomic E-state index is 3.30. The van der Waals surface area contributed by atoms with Gasteiger partial charge in [0.1, 0.15) is 0 Å². The van der Waals surface area contributed by atoms with Crippen LogP contribution in [0, 0.1) is 0 Å². The number of rotatable bonds is 5. The number of nitrogens with one attached hydrogen (secondary N) is 1. The van der Waals surface area contributed by atoms with E-state index in [1.807, 2.05) is 7.05 Å². The molecule has 2 heteroatoms. The van der Waals surface area contributed by atoms with Crippen molar-refractivity contribution in [2.45, 2.75) is 5.92 Å². The first-order chi connectivity index (χ1) is 7.90. The minimum absolute atomic E-state index is 0.0208. The fourth-order valence-electron chi connectivity index (χ4n) is 2.01. The molecule has 1 aromatic rings. The van der Waals surface area contributed by atoms with Gasteiger partial charge in [-0.1, -0.05) is 42.5 Å². The number of allylic oxidation sites excluding steroid dienone is 2. The van der Waals surface area contributed by atoms with E-state index in [-0.39, 0.29) is 10.9 Å². The minimum atomic E-state index is -0.0208. The van der Waals surface area contributed by atoms with Gasteiger partial charge in [0, 0.05) is 12.5 Å². The maximum Gasteiger partial charge on any atom is 0.00431 e. The third-order valence-corrected chi connectivity index (χ3v) is 4.79. The summed E-state index contributed by atoms with van der Waals surface area (Å²) >= 11 is 0. The van der Waals surface area contributed by atoms with Crippen molar-refractivity contribution in [2.75, 3.05) is 19.3 Å². The highest BCUT2D eigenvalue weighted by Gasteiger charge is 2.13. The molecule has 0 fully saturated rings. The maximum atomic E-state index is 3.30. The summed E-state index contributed by atoms with van der Waals surface area (Å²) in [6, 6.07) is 10.8. The van der Waals surface area contributed by atoms with Crippen LogP contribution in [0.3, 0.4) is 0 Å². The first kappa shape index (κ1) is 11.5. The molecule has 0 aromatic heterocycles. The second kappa shape index (κ2) is 5.92. The van der Waals surface area contributed by atoms with Crippen molar-refractivity contribution in [3.63, 3.8) is 0 Å². The van der Waals surface area contributed by atoms with Crippen molar-refractivity contribution in [1.29, 1.82) is 0 Å². The van der Waals surface area contributed by atoms with Crippen LogP contribution in [0.1, 0.15) is 11.5 Å². The highest BCUT2D eigenvalue weighted by molar-refractivity contribution is 8.22. The lowest BCUT2D eigenvalue weighted by atomic mass is 10.0. The Morgan fingerprint density at radius 1 is 1.12 bits per heavy atom. The van der Waals surface area contributed by atoms with Crippen LogP contribution in [-0.2, 0) is 0 Å². The van der Waals surface area contributed by atoms with E-state index in [0.717, 1.165) is 6.54 Å². The van der Waals surface area contributed by atoms with Gasteiger partial charge in [-0.15, -0.1) is 0 Å². The fourth-order valence-corrected chi connectivity index (χ4v) is 3.84. The second-order valence-corrected chi connectivity index (χ2v) is 6.03. The van der Waals surface area contributed by atoms with E-state index in [1.165, 1.54) is 11.3 Å². The van der Waals surface area contributed by atoms with Gasteiger partial charge in [-0.05, 0) is 29.2 Å². The number of benzene rings is 1. The standard InChI is InChI=1S/C14H19NS/c1-15-11-14(12-16-9-5-6-10-16)13-7-3-2-4-8-13/h2-10,14-16H,11-12H2,1H3. The molecular formula is C14H19NS. The molecule has 0 amide bonds. The summed E-state index contributed by atoms with van der Waals surface area (Å²) in [6.45, 7) is 1.06. The molecule has 1 nitrogen and oxygen atoms in total. The molecule has 0 aliphatic carbocycles. The molecule has 86 valence electrons. The predicted molar refractivity (Wildman–Crippen MR) is 75.2 cm³/mol. The van der Waals surface area contributed by atoms with Gasteiger partial charge in [-0.25, -0.2) is 10.9 Å². The summed E-state index contributed by atoms with van der Waals surface area (Å²) in [5.41, 5.74) is 1.45. The van der Waals surface area contributed by atoms with E-state index in [9.17, 15) is 0 Å². The van der Waals surface area contributed by atoms with E-state index < -0.39 is 0 Å². The molecule has 1 heterocycles. The van der Waals surface area contributed by atoms with Crippen molar-refractivity contribution in [2.24, 2.45) is 0 Å². The molecular weight excluding hydrogens is 214 g/mol. The smallest absolute Gasteiger partial charge is 0.00431 e. The quantitative estimate of drug-likeness (QED) is 0.745. The number of hydrogen-bond acceptors (Lipinski definition) is 1. The van der Waals surface area contributed by atoms with Crippen LogP contribution in [0.4, 0.5) is 0 Å². The molecule has 0 bridgehead atoms.